The highest BCUT2D eigenvalue weighted by Gasteiger charge is 2.29. The number of likely N-dealkylation sites (tertiary alicyclic amines) is 1. The molecule has 1 saturated heterocycles. The highest BCUT2D eigenvalue weighted by atomic mass is 19.1. The van der Waals surface area contributed by atoms with E-state index < -0.39 is 0 Å². The van der Waals surface area contributed by atoms with Crippen molar-refractivity contribution in [2.24, 2.45) is 5.41 Å². The van der Waals surface area contributed by atoms with Gasteiger partial charge in [0, 0.05) is 6.54 Å². The van der Waals surface area contributed by atoms with E-state index in [1.165, 1.54) is 12.1 Å². The van der Waals surface area contributed by atoms with Crippen LogP contribution in [0.25, 0.3) is 0 Å². The van der Waals surface area contributed by atoms with Crippen LogP contribution in [0.3, 0.4) is 0 Å². The fourth-order valence-electron chi connectivity index (χ4n) is 2.35. The van der Waals surface area contributed by atoms with Gasteiger partial charge in [0.25, 0.3) is 0 Å². The molecule has 0 aliphatic carbocycles. The number of rotatable bonds is 2. The maximum absolute atomic E-state index is 13.1. The molecule has 0 amide bonds. The quantitative estimate of drug-likeness (QED) is 0.818. The zero-order chi connectivity index (χ0) is 13.9. The summed E-state index contributed by atoms with van der Waals surface area (Å²) < 4.78 is 13.1. The van der Waals surface area contributed by atoms with Gasteiger partial charge in [0.15, 0.2) is 0 Å². The Morgan fingerprint density at radius 2 is 2.00 bits per heavy atom. The molecule has 0 atom stereocenters. The average Bonchev–Trinajstić information content (AvgIpc) is 2.43. The van der Waals surface area contributed by atoms with E-state index in [-0.39, 0.29) is 11.2 Å². The van der Waals surface area contributed by atoms with Gasteiger partial charge < -0.3 is 0 Å². The lowest BCUT2D eigenvalue weighted by Gasteiger charge is -2.35. The van der Waals surface area contributed by atoms with Crippen molar-refractivity contribution in [2.75, 3.05) is 13.1 Å². The molecule has 1 aliphatic heterocycles. The van der Waals surface area contributed by atoms with E-state index in [4.69, 9.17) is 10.5 Å². The molecule has 3 nitrogen and oxygen atoms in total. The normalized spacial score (nSPS) is 18.5. The monoisotopic (exact) mass is 257 g/mol. The van der Waals surface area contributed by atoms with E-state index in [2.05, 4.69) is 11.0 Å². The van der Waals surface area contributed by atoms with Crippen molar-refractivity contribution in [3.05, 3.63) is 35.1 Å². The smallest absolute Gasteiger partial charge is 0.124 e. The average molecular weight is 257 g/mol. The summed E-state index contributed by atoms with van der Waals surface area (Å²) in [6, 6.07) is 8.74. The Labute approximate surface area is 112 Å². The lowest BCUT2D eigenvalue weighted by Crippen LogP contribution is -2.37. The Morgan fingerprint density at radius 3 is 2.58 bits per heavy atom. The van der Waals surface area contributed by atoms with Crippen LogP contribution in [0.2, 0.25) is 0 Å². The van der Waals surface area contributed by atoms with Crippen LogP contribution in [-0.4, -0.2) is 18.0 Å². The van der Waals surface area contributed by atoms with Gasteiger partial charge in [-0.1, -0.05) is 6.07 Å². The second kappa shape index (κ2) is 5.38. The third kappa shape index (κ3) is 3.10. The van der Waals surface area contributed by atoms with Gasteiger partial charge in [0.05, 0.1) is 23.1 Å². The van der Waals surface area contributed by atoms with Crippen LogP contribution in [0, 0.1) is 33.9 Å². The number of halogens is 1. The molecular formula is C15H16FN3. The van der Waals surface area contributed by atoms with Crippen molar-refractivity contribution in [1.82, 2.24) is 4.90 Å². The molecule has 19 heavy (non-hydrogen) atoms. The number of benzene rings is 1. The summed E-state index contributed by atoms with van der Waals surface area (Å²) in [6.07, 6.45) is 1.68. The minimum atomic E-state index is -0.379. The second-order valence-corrected chi connectivity index (χ2v) is 5.36. The Morgan fingerprint density at radius 1 is 1.32 bits per heavy atom. The third-order valence-electron chi connectivity index (χ3n) is 3.82. The van der Waals surface area contributed by atoms with Crippen LogP contribution in [0.5, 0.6) is 0 Å². The molecule has 0 aromatic heterocycles. The molecule has 1 aromatic carbocycles. The van der Waals surface area contributed by atoms with Gasteiger partial charge in [0.1, 0.15) is 5.82 Å². The van der Waals surface area contributed by atoms with Gasteiger partial charge in [-0.2, -0.15) is 10.5 Å². The van der Waals surface area contributed by atoms with E-state index in [9.17, 15) is 4.39 Å². The van der Waals surface area contributed by atoms with Crippen LogP contribution in [0.4, 0.5) is 4.39 Å². The Bertz CT molecular complexity index is 545. The first-order valence-corrected chi connectivity index (χ1v) is 6.38. The van der Waals surface area contributed by atoms with Crippen molar-refractivity contribution in [3.63, 3.8) is 0 Å². The van der Waals surface area contributed by atoms with Crippen molar-refractivity contribution >= 4 is 0 Å². The first-order valence-electron chi connectivity index (χ1n) is 6.38. The first-order chi connectivity index (χ1) is 9.06. The van der Waals surface area contributed by atoms with Crippen molar-refractivity contribution in [1.29, 1.82) is 10.5 Å². The SMILES string of the molecule is CC1(C#N)CCN(Cc2ccc(F)cc2C#N)CC1. The summed E-state index contributed by atoms with van der Waals surface area (Å²) in [4.78, 5) is 2.22. The van der Waals surface area contributed by atoms with Gasteiger partial charge >= 0.3 is 0 Å². The van der Waals surface area contributed by atoms with Crippen molar-refractivity contribution in [2.45, 2.75) is 26.3 Å². The summed E-state index contributed by atoms with van der Waals surface area (Å²) in [5, 5.41) is 18.1. The lowest BCUT2D eigenvalue weighted by molar-refractivity contribution is 0.150. The molecule has 2 rings (SSSR count). The minimum absolute atomic E-state index is 0.225. The van der Waals surface area contributed by atoms with E-state index in [0.29, 0.717) is 12.1 Å². The summed E-state index contributed by atoms with van der Waals surface area (Å²) in [6.45, 7) is 4.31. The van der Waals surface area contributed by atoms with Crippen LogP contribution in [0.1, 0.15) is 30.9 Å². The zero-order valence-electron chi connectivity index (χ0n) is 11.0. The van der Waals surface area contributed by atoms with E-state index in [1.54, 1.807) is 6.07 Å². The Kier molecular flexibility index (Phi) is 3.83. The number of nitrogens with zero attached hydrogens (tertiary/aromatic N) is 3. The Hall–Kier alpha value is -1.91. The maximum Gasteiger partial charge on any atom is 0.124 e. The van der Waals surface area contributed by atoms with Gasteiger partial charge in [-0.05, 0) is 50.6 Å². The predicted molar refractivity (Wildman–Crippen MR) is 69.3 cm³/mol. The van der Waals surface area contributed by atoms with Crippen LogP contribution < -0.4 is 0 Å². The molecule has 4 heteroatoms. The second-order valence-electron chi connectivity index (χ2n) is 5.36. The Balaban J connectivity index is 2.04. The molecule has 0 radical (unpaired) electrons. The van der Waals surface area contributed by atoms with E-state index in [1.807, 2.05) is 13.0 Å². The molecule has 0 spiro atoms. The summed E-state index contributed by atoms with van der Waals surface area (Å²) in [7, 11) is 0. The topological polar surface area (TPSA) is 50.8 Å². The summed E-state index contributed by atoms with van der Waals surface area (Å²) >= 11 is 0. The largest absolute Gasteiger partial charge is 0.299 e. The lowest BCUT2D eigenvalue weighted by atomic mass is 9.82. The van der Waals surface area contributed by atoms with Crippen LogP contribution in [-0.2, 0) is 6.54 Å². The minimum Gasteiger partial charge on any atom is -0.299 e. The highest BCUT2D eigenvalue weighted by Crippen LogP contribution is 2.30. The molecule has 1 aliphatic rings. The summed E-state index contributed by atoms with van der Waals surface area (Å²) in [5.41, 5.74) is 1.02. The molecular weight excluding hydrogens is 241 g/mol. The highest BCUT2D eigenvalue weighted by molar-refractivity contribution is 5.37. The zero-order valence-corrected chi connectivity index (χ0v) is 11.0. The van der Waals surface area contributed by atoms with E-state index >= 15 is 0 Å². The van der Waals surface area contributed by atoms with Crippen molar-refractivity contribution < 1.29 is 4.39 Å². The summed E-state index contributed by atoms with van der Waals surface area (Å²) in [5.74, 6) is -0.379. The number of hydrogen-bond donors (Lipinski definition) is 0. The van der Waals surface area contributed by atoms with E-state index in [0.717, 1.165) is 31.5 Å². The molecule has 0 bridgehead atoms. The fraction of sp³-hybridized carbons (Fsp3) is 0.467. The molecule has 98 valence electrons. The standard InChI is InChI=1S/C15H16FN3/c1-15(11-18)4-6-19(7-5-15)10-12-2-3-14(16)8-13(12)9-17/h2-3,8H,4-7,10H2,1H3. The van der Waals surface area contributed by atoms with Gasteiger partial charge in [-0.3, -0.25) is 4.90 Å². The van der Waals surface area contributed by atoms with Crippen LogP contribution in [0.15, 0.2) is 18.2 Å². The number of piperidine rings is 1. The van der Waals surface area contributed by atoms with Crippen LogP contribution >= 0.6 is 0 Å². The molecule has 0 saturated carbocycles. The maximum atomic E-state index is 13.1. The van der Waals surface area contributed by atoms with Crippen molar-refractivity contribution in [3.8, 4) is 12.1 Å². The molecule has 1 aromatic rings. The first kappa shape index (κ1) is 13.5. The van der Waals surface area contributed by atoms with Gasteiger partial charge in [0.2, 0.25) is 0 Å². The predicted octanol–water partition coefficient (Wildman–Crippen LogP) is 2.82. The van der Waals surface area contributed by atoms with Gasteiger partial charge in [-0.25, -0.2) is 4.39 Å². The third-order valence-corrected chi connectivity index (χ3v) is 3.82. The number of nitriles is 2. The molecule has 0 unspecified atom stereocenters. The molecule has 1 heterocycles. The fourth-order valence-corrected chi connectivity index (χ4v) is 2.35. The molecule has 0 N–H and O–H groups in total. The molecule has 1 fully saturated rings. The van der Waals surface area contributed by atoms with Gasteiger partial charge in [-0.15, -0.1) is 0 Å². The number of hydrogen-bond acceptors (Lipinski definition) is 3.